The summed E-state index contributed by atoms with van der Waals surface area (Å²) >= 11 is 0. The number of nitriles is 1. The summed E-state index contributed by atoms with van der Waals surface area (Å²) in [5.41, 5.74) is -2.40. The normalized spacial score (nSPS) is 14.5. The van der Waals surface area contributed by atoms with Crippen LogP contribution in [0.15, 0.2) is 18.2 Å². The van der Waals surface area contributed by atoms with E-state index in [1.165, 1.54) is 6.07 Å². The topological polar surface area (TPSA) is 102 Å². The summed E-state index contributed by atoms with van der Waals surface area (Å²) in [6.45, 7) is 0. The Morgan fingerprint density at radius 2 is 1.89 bits per heavy atom. The predicted molar refractivity (Wildman–Crippen MR) is 54.8 cm³/mol. The van der Waals surface area contributed by atoms with E-state index in [2.05, 4.69) is 0 Å². The fraction of sp³-hybridized carbons (Fsp3) is 0.273. The van der Waals surface area contributed by atoms with Gasteiger partial charge in [0.1, 0.15) is 6.10 Å². The van der Waals surface area contributed by atoms with Crippen molar-refractivity contribution in [2.75, 3.05) is 0 Å². The molecule has 0 fully saturated rings. The SMILES string of the molecule is N#Cc1ccc(C(O)C(O)C(=O)O)cc1C(F)(F)F. The summed E-state index contributed by atoms with van der Waals surface area (Å²) < 4.78 is 37.9. The minimum atomic E-state index is -4.82. The van der Waals surface area contributed by atoms with Crippen molar-refractivity contribution in [3.63, 3.8) is 0 Å². The third kappa shape index (κ3) is 3.21. The molecule has 0 amide bonds. The zero-order valence-corrected chi connectivity index (χ0v) is 9.22. The van der Waals surface area contributed by atoms with Gasteiger partial charge in [-0.05, 0) is 17.7 Å². The fourth-order valence-corrected chi connectivity index (χ4v) is 1.40. The molecule has 0 aliphatic heterocycles. The summed E-state index contributed by atoms with van der Waals surface area (Å²) in [4.78, 5) is 10.4. The first-order valence-corrected chi connectivity index (χ1v) is 4.88. The number of rotatable bonds is 3. The van der Waals surface area contributed by atoms with Crippen LogP contribution in [0.1, 0.15) is 22.8 Å². The highest BCUT2D eigenvalue weighted by Gasteiger charge is 2.35. The molecule has 102 valence electrons. The van der Waals surface area contributed by atoms with E-state index in [0.29, 0.717) is 6.07 Å². The van der Waals surface area contributed by atoms with Gasteiger partial charge in [0, 0.05) is 0 Å². The Labute approximate surface area is 105 Å². The smallest absolute Gasteiger partial charge is 0.417 e. The van der Waals surface area contributed by atoms with Crippen LogP contribution in [0.3, 0.4) is 0 Å². The van der Waals surface area contributed by atoms with Crippen molar-refractivity contribution in [2.45, 2.75) is 18.4 Å². The van der Waals surface area contributed by atoms with E-state index in [0.717, 1.165) is 12.1 Å². The molecule has 0 aromatic heterocycles. The van der Waals surface area contributed by atoms with E-state index < -0.39 is 41.0 Å². The Kier molecular flexibility index (Phi) is 4.14. The Bertz CT molecular complexity index is 536. The number of alkyl halides is 3. The minimum absolute atomic E-state index is 0.440. The predicted octanol–water partition coefficient (Wildman–Crippen LogP) is 1.06. The molecule has 1 aromatic rings. The maximum atomic E-state index is 12.6. The van der Waals surface area contributed by atoms with Crippen molar-refractivity contribution in [1.82, 2.24) is 0 Å². The van der Waals surface area contributed by atoms with Gasteiger partial charge in [0.25, 0.3) is 0 Å². The number of nitrogens with zero attached hydrogens (tertiary/aromatic N) is 1. The van der Waals surface area contributed by atoms with E-state index >= 15 is 0 Å². The molecule has 0 aliphatic carbocycles. The zero-order valence-electron chi connectivity index (χ0n) is 9.22. The van der Waals surface area contributed by atoms with Gasteiger partial charge in [-0.25, -0.2) is 4.79 Å². The molecule has 0 heterocycles. The molecule has 0 saturated carbocycles. The lowest BCUT2D eigenvalue weighted by atomic mass is 9.98. The average Bonchev–Trinajstić information content (AvgIpc) is 2.35. The number of aliphatic hydroxyl groups is 2. The molecule has 0 saturated heterocycles. The second kappa shape index (κ2) is 5.26. The highest BCUT2D eigenvalue weighted by atomic mass is 19.4. The lowest BCUT2D eigenvalue weighted by molar-refractivity contribution is -0.153. The van der Waals surface area contributed by atoms with Gasteiger partial charge in [0.2, 0.25) is 0 Å². The number of hydrogen-bond donors (Lipinski definition) is 3. The molecule has 0 spiro atoms. The first-order chi connectivity index (χ1) is 8.68. The number of halogens is 3. The number of hydrogen-bond acceptors (Lipinski definition) is 4. The van der Waals surface area contributed by atoms with Crippen LogP contribution in [-0.2, 0) is 11.0 Å². The van der Waals surface area contributed by atoms with Crippen LogP contribution in [0, 0.1) is 11.3 Å². The van der Waals surface area contributed by atoms with Gasteiger partial charge >= 0.3 is 12.1 Å². The molecule has 0 radical (unpaired) electrons. The molecule has 3 N–H and O–H groups in total. The van der Waals surface area contributed by atoms with Crippen LogP contribution in [-0.4, -0.2) is 27.4 Å². The van der Waals surface area contributed by atoms with Crippen LogP contribution in [0.25, 0.3) is 0 Å². The van der Waals surface area contributed by atoms with Crippen molar-refractivity contribution in [3.05, 3.63) is 34.9 Å². The minimum Gasteiger partial charge on any atom is -0.479 e. The summed E-state index contributed by atoms with van der Waals surface area (Å²) in [7, 11) is 0. The maximum absolute atomic E-state index is 12.6. The third-order valence-corrected chi connectivity index (χ3v) is 2.36. The summed E-state index contributed by atoms with van der Waals surface area (Å²) in [5, 5.41) is 35.5. The molecular formula is C11H8F3NO4. The second-order valence-corrected chi connectivity index (χ2v) is 3.64. The van der Waals surface area contributed by atoms with E-state index in [-0.39, 0.29) is 0 Å². The summed E-state index contributed by atoms with van der Waals surface area (Å²) in [5.74, 6) is -1.77. The quantitative estimate of drug-likeness (QED) is 0.765. The van der Waals surface area contributed by atoms with E-state index in [1.54, 1.807) is 0 Å². The lowest BCUT2D eigenvalue weighted by Gasteiger charge is -2.16. The summed E-state index contributed by atoms with van der Waals surface area (Å²) in [6.07, 6.45) is -9.10. The van der Waals surface area contributed by atoms with Crippen LogP contribution < -0.4 is 0 Å². The van der Waals surface area contributed by atoms with Gasteiger partial charge in [-0.3, -0.25) is 0 Å². The van der Waals surface area contributed by atoms with Gasteiger partial charge < -0.3 is 15.3 Å². The van der Waals surface area contributed by atoms with E-state index in [1.807, 2.05) is 0 Å². The highest BCUT2D eigenvalue weighted by Crippen LogP contribution is 2.34. The monoisotopic (exact) mass is 275 g/mol. The number of carboxylic acid groups (broad SMARTS) is 1. The first kappa shape index (κ1) is 14.9. The van der Waals surface area contributed by atoms with Crippen LogP contribution >= 0.6 is 0 Å². The molecule has 0 bridgehead atoms. The second-order valence-electron chi connectivity index (χ2n) is 3.64. The van der Waals surface area contributed by atoms with E-state index in [9.17, 15) is 23.1 Å². The molecular weight excluding hydrogens is 267 g/mol. The van der Waals surface area contributed by atoms with Gasteiger partial charge in [-0.1, -0.05) is 6.07 Å². The molecule has 2 atom stereocenters. The molecule has 1 aromatic carbocycles. The largest absolute Gasteiger partial charge is 0.479 e. The van der Waals surface area contributed by atoms with Gasteiger partial charge in [0.05, 0.1) is 17.2 Å². The molecule has 0 aliphatic rings. The standard InChI is InChI=1S/C11H8F3NO4/c12-11(13,14)7-3-5(1-2-6(7)4-15)8(16)9(17)10(18)19/h1-3,8-9,16-17H,(H,18,19). The summed E-state index contributed by atoms with van der Waals surface area (Å²) in [6, 6.07) is 3.53. The molecule has 8 heteroatoms. The van der Waals surface area contributed by atoms with Gasteiger partial charge in [-0.15, -0.1) is 0 Å². The molecule has 1 rings (SSSR count). The van der Waals surface area contributed by atoms with E-state index in [4.69, 9.17) is 15.5 Å². The Morgan fingerprint density at radius 1 is 1.32 bits per heavy atom. The van der Waals surface area contributed by atoms with Gasteiger partial charge in [0.15, 0.2) is 6.10 Å². The van der Waals surface area contributed by atoms with Crippen LogP contribution in [0.5, 0.6) is 0 Å². The maximum Gasteiger partial charge on any atom is 0.417 e. The van der Waals surface area contributed by atoms with Crippen molar-refractivity contribution in [2.24, 2.45) is 0 Å². The Morgan fingerprint density at radius 3 is 2.32 bits per heavy atom. The average molecular weight is 275 g/mol. The van der Waals surface area contributed by atoms with Crippen LogP contribution in [0.2, 0.25) is 0 Å². The highest BCUT2D eigenvalue weighted by molar-refractivity contribution is 5.73. The Hall–Kier alpha value is -2.11. The van der Waals surface area contributed by atoms with Gasteiger partial charge in [-0.2, -0.15) is 18.4 Å². The zero-order chi connectivity index (χ0) is 14.8. The first-order valence-electron chi connectivity index (χ1n) is 4.88. The third-order valence-electron chi connectivity index (χ3n) is 2.36. The molecule has 19 heavy (non-hydrogen) atoms. The number of carbonyl (C=O) groups is 1. The number of carboxylic acids is 1. The lowest BCUT2D eigenvalue weighted by Crippen LogP contribution is -2.27. The number of aliphatic carboxylic acids is 1. The molecule has 5 nitrogen and oxygen atoms in total. The Balaban J connectivity index is 3.27. The van der Waals surface area contributed by atoms with Crippen molar-refractivity contribution < 1.29 is 33.3 Å². The van der Waals surface area contributed by atoms with Crippen molar-refractivity contribution in [3.8, 4) is 6.07 Å². The number of aliphatic hydroxyl groups excluding tert-OH is 2. The van der Waals surface area contributed by atoms with Crippen molar-refractivity contribution >= 4 is 5.97 Å². The number of benzene rings is 1. The van der Waals surface area contributed by atoms with Crippen molar-refractivity contribution in [1.29, 1.82) is 5.26 Å². The fourth-order valence-electron chi connectivity index (χ4n) is 1.40. The molecule has 2 unspecified atom stereocenters. The van der Waals surface area contributed by atoms with Crippen LogP contribution in [0.4, 0.5) is 13.2 Å².